The van der Waals surface area contributed by atoms with E-state index in [4.69, 9.17) is 19.2 Å². The van der Waals surface area contributed by atoms with Crippen LogP contribution in [0.5, 0.6) is 17.4 Å². The molecule has 0 atom stereocenters. The van der Waals surface area contributed by atoms with Crippen molar-refractivity contribution in [3.05, 3.63) is 73.1 Å². The standard InChI is InChI=1S/C28H29N7O3/c1-34-18-19(14-31-34)27-16-30-25-8-7-21(12-26(25)33-27)35(22-10-23(36-2)13-24(11-22)37-3)9-5-6-20-15-29-17-28(32-20)38-4/h7-8,10-18H,5-6,9H2,1-4H3. The van der Waals surface area contributed by atoms with Crippen molar-refractivity contribution in [3.63, 3.8) is 0 Å². The first-order chi connectivity index (χ1) is 18.6. The van der Waals surface area contributed by atoms with E-state index in [2.05, 4.69) is 37.1 Å². The Hall–Kier alpha value is -4.73. The number of aryl methyl sites for hydroxylation is 2. The monoisotopic (exact) mass is 511 g/mol. The van der Waals surface area contributed by atoms with Gasteiger partial charge in [-0.25, -0.2) is 9.97 Å². The molecule has 0 saturated carbocycles. The Morgan fingerprint density at radius 1 is 0.816 bits per heavy atom. The molecule has 38 heavy (non-hydrogen) atoms. The van der Waals surface area contributed by atoms with Gasteiger partial charge >= 0.3 is 0 Å². The third-order valence-electron chi connectivity index (χ3n) is 6.17. The maximum absolute atomic E-state index is 5.55. The third-order valence-corrected chi connectivity index (χ3v) is 6.17. The lowest BCUT2D eigenvalue weighted by atomic mass is 10.1. The average Bonchev–Trinajstić information content (AvgIpc) is 3.40. The number of fused-ring (bicyclic) bond motifs is 1. The zero-order valence-corrected chi connectivity index (χ0v) is 21.8. The minimum Gasteiger partial charge on any atom is -0.497 e. The molecule has 0 spiro atoms. The van der Waals surface area contributed by atoms with E-state index in [0.29, 0.717) is 23.9 Å². The lowest BCUT2D eigenvalue weighted by molar-refractivity contribution is 0.393. The Labute approximate surface area is 220 Å². The number of rotatable bonds is 10. The van der Waals surface area contributed by atoms with E-state index < -0.39 is 0 Å². The van der Waals surface area contributed by atoms with Crippen molar-refractivity contribution >= 4 is 22.4 Å². The molecular weight excluding hydrogens is 482 g/mol. The first-order valence-electron chi connectivity index (χ1n) is 12.2. The summed E-state index contributed by atoms with van der Waals surface area (Å²) in [5.41, 5.74) is 6.09. The molecule has 0 aliphatic rings. The SMILES string of the molecule is COc1cc(OC)cc(N(CCCc2cncc(OC)n2)c2ccc3ncc(-c4cnn(C)c4)nc3c2)c1. The van der Waals surface area contributed by atoms with E-state index in [1.807, 2.05) is 37.5 Å². The Morgan fingerprint density at radius 2 is 1.63 bits per heavy atom. The van der Waals surface area contributed by atoms with Crippen molar-refractivity contribution in [3.8, 4) is 28.6 Å². The molecule has 2 aromatic carbocycles. The summed E-state index contributed by atoms with van der Waals surface area (Å²) in [5, 5.41) is 4.26. The Morgan fingerprint density at radius 3 is 2.34 bits per heavy atom. The average molecular weight is 512 g/mol. The van der Waals surface area contributed by atoms with Crippen molar-refractivity contribution in [2.24, 2.45) is 7.05 Å². The number of hydrogen-bond acceptors (Lipinski definition) is 9. The highest BCUT2D eigenvalue weighted by atomic mass is 16.5. The largest absolute Gasteiger partial charge is 0.497 e. The normalized spacial score (nSPS) is 10.9. The molecule has 5 aromatic rings. The van der Waals surface area contributed by atoms with Crippen molar-refractivity contribution in [1.29, 1.82) is 0 Å². The quantitative estimate of drug-likeness (QED) is 0.266. The lowest BCUT2D eigenvalue weighted by Gasteiger charge is -2.26. The molecule has 0 bridgehead atoms. The van der Waals surface area contributed by atoms with Crippen LogP contribution in [0.3, 0.4) is 0 Å². The zero-order valence-electron chi connectivity index (χ0n) is 21.8. The fourth-order valence-electron chi connectivity index (χ4n) is 4.24. The van der Waals surface area contributed by atoms with Crippen molar-refractivity contribution in [2.45, 2.75) is 12.8 Å². The van der Waals surface area contributed by atoms with Gasteiger partial charge in [-0.15, -0.1) is 0 Å². The van der Waals surface area contributed by atoms with Crippen LogP contribution >= 0.6 is 0 Å². The lowest BCUT2D eigenvalue weighted by Crippen LogP contribution is -2.19. The summed E-state index contributed by atoms with van der Waals surface area (Å²) in [6.07, 6.45) is 10.4. The van der Waals surface area contributed by atoms with E-state index in [-0.39, 0.29) is 0 Å². The number of aromatic nitrogens is 6. The van der Waals surface area contributed by atoms with Gasteiger partial charge in [0.05, 0.1) is 62.3 Å². The molecule has 5 rings (SSSR count). The molecule has 10 heteroatoms. The number of methoxy groups -OCH3 is 3. The molecule has 0 saturated heterocycles. The van der Waals surface area contributed by atoms with Crippen LogP contribution < -0.4 is 19.1 Å². The highest BCUT2D eigenvalue weighted by Gasteiger charge is 2.15. The van der Waals surface area contributed by atoms with Gasteiger partial charge in [-0.2, -0.15) is 5.10 Å². The molecule has 0 fully saturated rings. The molecule has 3 heterocycles. The van der Waals surface area contributed by atoms with Gasteiger partial charge in [0, 0.05) is 61.1 Å². The van der Waals surface area contributed by atoms with Gasteiger partial charge in [0.25, 0.3) is 0 Å². The maximum Gasteiger partial charge on any atom is 0.232 e. The van der Waals surface area contributed by atoms with Gasteiger partial charge in [-0.1, -0.05) is 0 Å². The Kier molecular flexibility index (Phi) is 7.30. The van der Waals surface area contributed by atoms with Crippen molar-refractivity contribution in [2.75, 3.05) is 32.8 Å². The summed E-state index contributed by atoms with van der Waals surface area (Å²) in [6.45, 7) is 0.705. The summed E-state index contributed by atoms with van der Waals surface area (Å²) < 4.78 is 18.1. The molecule has 0 radical (unpaired) electrons. The summed E-state index contributed by atoms with van der Waals surface area (Å²) >= 11 is 0. The predicted octanol–water partition coefficient (Wildman–Crippen LogP) is 4.62. The molecule has 0 aliphatic carbocycles. The zero-order chi connectivity index (χ0) is 26.5. The highest BCUT2D eigenvalue weighted by molar-refractivity contribution is 5.82. The van der Waals surface area contributed by atoms with E-state index in [1.165, 1.54) is 0 Å². The molecule has 0 aliphatic heterocycles. The van der Waals surface area contributed by atoms with Gasteiger partial charge in [0.15, 0.2) is 0 Å². The number of benzene rings is 2. The van der Waals surface area contributed by atoms with Crippen molar-refractivity contribution < 1.29 is 14.2 Å². The second kappa shape index (κ2) is 11.1. The maximum atomic E-state index is 5.55. The Balaban J connectivity index is 1.50. The second-order valence-electron chi connectivity index (χ2n) is 8.71. The summed E-state index contributed by atoms with van der Waals surface area (Å²) in [7, 11) is 6.77. The number of hydrogen-bond donors (Lipinski definition) is 0. The van der Waals surface area contributed by atoms with Gasteiger partial charge in [-0.3, -0.25) is 14.6 Å². The van der Waals surface area contributed by atoms with Crippen LogP contribution in [0.25, 0.3) is 22.3 Å². The van der Waals surface area contributed by atoms with Crippen LogP contribution in [-0.2, 0) is 13.5 Å². The number of nitrogens with zero attached hydrogens (tertiary/aromatic N) is 7. The summed E-state index contributed by atoms with van der Waals surface area (Å²) in [6, 6.07) is 11.9. The van der Waals surface area contributed by atoms with E-state index in [1.54, 1.807) is 50.8 Å². The van der Waals surface area contributed by atoms with Gasteiger partial charge in [0.2, 0.25) is 5.88 Å². The minimum absolute atomic E-state index is 0.509. The van der Waals surface area contributed by atoms with Crippen molar-refractivity contribution in [1.82, 2.24) is 29.7 Å². The van der Waals surface area contributed by atoms with Crippen LogP contribution in [0, 0.1) is 0 Å². The first-order valence-corrected chi connectivity index (χ1v) is 12.2. The summed E-state index contributed by atoms with van der Waals surface area (Å²) in [5.74, 6) is 1.93. The van der Waals surface area contributed by atoms with Gasteiger partial charge < -0.3 is 19.1 Å². The second-order valence-corrected chi connectivity index (χ2v) is 8.71. The molecule has 3 aromatic heterocycles. The van der Waals surface area contributed by atoms with Crippen LogP contribution in [0.2, 0.25) is 0 Å². The molecular formula is C28H29N7O3. The van der Waals surface area contributed by atoms with Gasteiger partial charge in [0.1, 0.15) is 11.5 Å². The smallest absolute Gasteiger partial charge is 0.232 e. The summed E-state index contributed by atoms with van der Waals surface area (Å²) in [4.78, 5) is 20.5. The van der Waals surface area contributed by atoms with E-state index in [0.717, 1.165) is 52.2 Å². The highest BCUT2D eigenvalue weighted by Crippen LogP contribution is 2.34. The van der Waals surface area contributed by atoms with Crippen LogP contribution in [0.4, 0.5) is 11.4 Å². The van der Waals surface area contributed by atoms with E-state index in [9.17, 15) is 0 Å². The molecule has 194 valence electrons. The Bertz CT molecular complexity index is 1530. The third kappa shape index (κ3) is 5.49. The van der Waals surface area contributed by atoms with E-state index >= 15 is 0 Å². The fourth-order valence-corrected chi connectivity index (χ4v) is 4.24. The number of ether oxygens (including phenoxy) is 3. The molecule has 0 N–H and O–H groups in total. The first kappa shape index (κ1) is 24.9. The molecule has 0 amide bonds. The topological polar surface area (TPSA) is 100 Å². The van der Waals surface area contributed by atoms with Crippen LogP contribution in [0.15, 0.2) is 67.4 Å². The fraction of sp³-hybridized carbons (Fsp3) is 0.250. The number of anilines is 2. The van der Waals surface area contributed by atoms with Crippen LogP contribution in [-0.4, -0.2) is 57.6 Å². The molecule has 10 nitrogen and oxygen atoms in total. The van der Waals surface area contributed by atoms with Gasteiger partial charge in [-0.05, 0) is 31.0 Å². The predicted molar refractivity (Wildman–Crippen MR) is 145 cm³/mol. The molecule has 0 unspecified atom stereocenters. The minimum atomic E-state index is 0.509. The van der Waals surface area contributed by atoms with Crippen LogP contribution in [0.1, 0.15) is 12.1 Å².